The first-order valence-corrected chi connectivity index (χ1v) is 6.87. The zero-order chi connectivity index (χ0) is 11.8. The van der Waals surface area contributed by atoms with Crippen molar-refractivity contribution in [1.82, 2.24) is 14.5 Å². The Labute approximate surface area is 105 Å². The molecule has 3 rings (SSSR count). The molecule has 0 aliphatic heterocycles. The van der Waals surface area contributed by atoms with Gasteiger partial charge in [-0.15, -0.1) is 11.3 Å². The Morgan fingerprint density at radius 2 is 2.47 bits per heavy atom. The van der Waals surface area contributed by atoms with E-state index in [0.29, 0.717) is 0 Å². The molecule has 2 heterocycles. The molecule has 90 valence electrons. The summed E-state index contributed by atoms with van der Waals surface area (Å²) >= 11 is 1.77. The van der Waals surface area contributed by atoms with Crippen LogP contribution in [-0.2, 0) is 13.0 Å². The monoisotopic (exact) mass is 248 g/mol. The lowest BCUT2D eigenvalue weighted by molar-refractivity contribution is 0.564. The average molecular weight is 248 g/mol. The third kappa shape index (κ3) is 1.79. The molecule has 0 saturated heterocycles. The normalized spacial score (nSPS) is 19.3. The van der Waals surface area contributed by atoms with Crippen molar-refractivity contribution in [2.75, 3.05) is 0 Å². The summed E-state index contributed by atoms with van der Waals surface area (Å²) in [6.45, 7) is 3.04. The van der Waals surface area contributed by atoms with E-state index in [1.54, 1.807) is 11.3 Å². The van der Waals surface area contributed by atoms with Crippen LogP contribution in [0.15, 0.2) is 12.5 Å². The van der Waals surface area contributed by atoms with Gasteiger partial charge in [-0.25, -0.2) is 9.97 Å². The van der Waals surface area contributed by atoms with E-state index < -0.39 is 0 Å². The van der Waals surface area contributed by atoms with Gasteiger partial charge in [-0.2, -0.15) is 0 Å². The lowest BCUT2D eigenvalue weighted by Gasteiger charge is -2.15. The number of aryl methyl sites for hydroxylation is 2. The van der Waals surface area contributed by atoms with E-state index in [0.717, 1.165) is 35.8 Å². The maximum absolute atomic E-state index is 6.11. The third-order valence-electron chi connectivity index (χ3n) is 3.27. The molecule has 2 aromatic heterocycles. The summed E-state index contributed by atoms with van der Waals surface area (Å²) in [7, 11) is 0. The van der Waals surface area contributed by atoms with E-state index in [1.165, 1.54) is 11.3 Å². The number of rotatable bonds is 2. The summed E-state index contributed by atoms with van der Waals surface area (Å²) in [5, 5.41) is 1.06. The Kier molecular flexibility index (Phi) is 2.72. The van der Waals surface area contributed by atoms with Gasteiger partial charge < -0.3 is 10.3 Å². The highest BCUT2D eigenvalue weighted by Crippen LogP contribution is 2.35. The van der Waals surface area contributed by atoms with Crippen molar-refractivity contribution in [3.63, 3.8) is 0 Å². The minimum atomic E-state index is 0.127. The summed E-state index contributed by atoms with van der Waals surface area (Å²) in [5.74, 6) is 0. The number of hydrogen-bond donors (Lipinski definition) is 1. The summed E-state index contributed by atoms with van der Waals surface area (Å²) in [6.07, 6.45) is 7.11. The van der Waals surface area contributed by atoms with Gasteiger partial charge in [0.1, 0.15) is 5.01 Å². The Hall–Kier alpha value is -1.20. The Balaban J connectivity index is 2.05. The number of nitrogens with zero attached hydrogens (tertiary/aromatic N) is 3. The van der Waals surface area contributed by atoms with Gasteiger partial charge >= 0.3 is 0 Å². The van der Waals surface area contributed by atoms with Crippen molar-refractivity contribution >= 4 is 11.3 Å². The SMILES string of the molecule is CCn1cncc1-c1nc2c(s1)CCCC2N. The quantitative estimate of drug-likeness (QED) is 0.887. The number of fused-ring (bicyclic) bond motifs is 1. The Bertz CT molecular complexity index is 528. The minimum Gasteiger partial charge on any atom is -0.329 e. The van der Waals surface area contributed by atoms with Crippen LogP contribution in [0.1, 0.15) is 36.4 Å². The van der Waals surface area contributed by atoms with Crippen molar-refractivity contribution in [3.05, 3.63) is 23.1 Å². The molecule has 0 amide bonds. The van der Waals surface area contributed by atoms with Crippen molar-refractivity contribution in [3.8, 4) is 10.7 Å². The lowest BCUT2D eigenvalue weighted by atomic mass is 9.99. The molecule has 0 bridgehead atoms. The Morgan fingerprint density at radius 3 is 3.24 bits per heavy atom. The molecule has 1 atom stereocenters. The van der Waals surface area contributed by atoms with E-state index in [4.69, 9.17) is 10.7 Å². The van der Waals surface area contributed by atoms with Gasteiger partial charge in [-0.05, 0) is 26.2 Å². The smallest absolute Gasteiger partial charge is 0.142 e. The van der Waals surface area contributed by atoms with Crippen LogP contribution in [0.25, 0.3) is 10.7 Å². The molecule has 0 spiro atoms. The predicted molar refractivity (Wildman–Crippen MR) is 68.9 cm³/mol. The molecular weight excluding hydrogens is 232 g/mol. The number of hydrogen-bond acceptors (Lipinski definition) is 4. The van der Waals surface area contributed by atoms with Gasteiger partial charge in [-0.1, -0.05) is 0 Å². The third-order valence-corrected chi connectivity index (χ3v) is 4.42. The Morgan fingerprint density at radius 1 is 1.59 bits per heavy atom. The number of aromatic nitrogens is 3. The summed E-state index contributed by atoms with van der Waals surface area (Å²) in [6, 6.07) is 0.127. The second-order valence-corrected chi connectivity index (χ2v) is 5.47. The minimum absolute atomic E-state index is 0.127. The van der Waals surface area contributed by atoms with Gasteiger partial charge in [0.15, 0.2) is 0 Å². The van der Waals surface area contributed by atoms with E-state index in [9.17, 15) is 0 Å². The predicted octanol–water partition coefficient (Wildman–Crippen LogP) is 2.36. The first kappa shape index (κ1) is 10.9. The highest BCUT2D eigenvalue weighted by molar-refractivity contribution is 7.15. The van der Waals surface area contributed by atoms with Crippen LogP contribution in [0.2, 0.25) is 0 Å². The van der Waals surface area contributed by atoms with Crippen LogP contribution < -0.4 is 5.73 Å². The number of imidazole rings is 1. The first-order valence-electron chi connectivity index (χ1n) is 6.05. The van der Waals surface area contributed by atoms with Crippen molar-refractivity contribution in [2.24, 2.45) is 5.73 Å². The molecule has 1 aliphatic rings. The standard InChI is InChI=1S/C12H16N4S/c1-2-16-7-14-6-9(16)12-15-11-8(13)4-3-5-10(11)17-12/h6-8H,2-5,13H2,1H3. The van der Waals surface area contributed by atoms with Gasteiger partial charge in [0, 0.05) is 17.5 Å². The highest BCUT2D eigenvalue weighted by atomic mass is 32.1. The molecule has 1 aliphatic carbocycles. The van der Waals surface area contributed by atoms with Crippen LogP contribution in [0.4, 0.5) is 0 Å². The molecule has 2 aromatic rings. The number of nitrogens with two attached hydrogens (primary N) is 1. The molecule has 2 N–H and O–H groups in total. The molecule has 4 nitrogen and oxygen atoms in total. The van der Waals surface area contributed by atoms with Crippen molar-refractivity contribution in [2.45, 2.75) is 38.8 Å². The molecule has 0 saturated carbocycles. The van der Waals surface area contributed by atoms with Gasteiger partial charge in [-0.3, -0.25) is 0 Å². The summed E-state index contributed by atoms with van der Waals surface area (Å²) in [5.41, 5.74) is 8.33. The second kappa shape index (κ2) is 4.23. The van der Waals surface area contributed by atoms with E-state index in [1.807, 2.05) is 12.5 Å². The zero-order valence-electron chi connectivity index (χ0n) is 9.89. The van der Waals surface area contributed by atoms with Crippen LogP contribution in [0.3, 0.4) is 0 Å². The van der Waals surface area contributed by atoms with Crippen molar-refractivity contribution in [1.29, 1.82) is 0 Å². The van der Waals surface area contributed by atoms with Crippen LogP contribution >= 0.6 is 11.3 Å². The second-order valence-electron chi connectivity index (χ2n) is 4.39. The fourth-order valence-corrected chi connectivity index (χ4v) is 3.51. The summed E-state index contributed by atoms with van der Waals surface area (Å²) in [4.78, 5) is 10.3. The van der Waals surface area contributed by atoms with Crippen LogP contribution in [-0.4, -0.2) is 14.5 Å². The molecule has 5 heteroatoms. The van der Waals surface area contributed by atoms with Gasteiger partial charge in [0.25, 0.3) is 0 Å². The maximum Gasteiger partial charge on any atom is 0.142 e. The van der Waals surface area contributed by atoms with E-state index in [-0.39, 0.29) is 6.04 Å². The first-order chi connectivity index (χ1) is 8.29. The molecule has 1 unspecified atom stereocenters. The molecule has 0 aromatic carbocycles. The van der Waals surface area contributed by atoms with Crippen LogP contribution in [0.5, 0.6) is 0 Å². The topological polar surface area (TPSA) is 56.7 Å². The fraction of sp³-hybridized carbons (Fsp3) is 0.500. The summed E-state index contributed by atoms with van der Waals surface area (Å²) < 4.78 is 2.12. The largest absolute Gasteiger partial charge is 0.329 e. The highest BCUT2D eigenvalue weighted by Gasteiger charge is 2.23. The fourth-order valence-electron chi connectivity index (χ4n) is 2.31. The van der Waals surface area contributed by atoms with E-state index >= 15 is 0 Å². The zero-order valence-corrected chi connectivity index (χ0v) is 10.7. The van der Waals surface area contributed by atoms with Crippen LogP contribution in [0, 0.1) is 0 Å². The lowest BCUT2D eigenvalue weighted by Crippen LogP contribution is -2.16. The van der Waals surface area contributed by atoms with Crippen molar-refractivity contribution < 1.29 is 0 Å². The van der Waals surface area contributed by atoms with E-state index in [2.05, 4.69) is 16.5 Å². The average Bonchev–Trinajstić information content (AvgIpc) is 2.94. The number of thiazole rings is 1. The molecule has 17 heavy (non-hydrogen) atoms. The molecular formula is C12H16N4S. The molecule has 0 radical (unpaired) electrons. The maximum atomic E-state index is 6.11. The van der Waals surface area contributed by atoms with Gasteiger partial charge in [0.05, 0.1) is 23.9 Å². The molecule has 0 fully saturated rings. The van der Waals surface area contributed by atoms with Gasteiger partial charge in [0.2, 0.25) is 0 Å².